The minimum absolute atomic E-state index is 0.0999. The molecule has 1 N–H and O–H groups in total. The van der Waals surface area contributed by atoms with Crippen molar-refractivity contribution in [2.45, 2.75) is 0 Å². The molecule has 17 heavy (non-hydrogen) atoms. The van der Waals surface area contributed by atoms with Crippen molar-refractivity contribution >= 4 is 11.6 Å². The molecule has 1 aromatic carbocycles. The summed E-state index contributed by atoms with van der Waals surface area (Å²) in [6.45, 7) is -0.170. The molecule has 0 aliphatic carbocycles. The zero-order valence-electron chi connectivity index (χ0n) is 9.42. The second-order valence-corrected chi connectivity index (χ2v) is 3.43. The highest BCUT2D eigenvalue weighted by Crippen LogP contribution is 2.23. The number of nitrogens with zero attached hydrogens (tertiary/aromatic N) is 2. The number of anilines is 1. The largest absolute Gasteiger partial charge is 0.361 e. The first kappa shape index (κ1) is 12.9. The van der Waals surface area contributed by atoms with Crippen LogP contribution in [0, 0.1) is 23.0 Å². The van der Waals surface area contributed by atoms with Crippen molar-refractivity contribution in [3.8, 4) is 6.07 Å². The molecule has 0 radical (unpaired) electrons. The summed E-state index contributed by atoms with van der Waals surface area (Å²) in [5.74, 6) is -2.10. The van der Waals surface area contributed by atoms with E-state index in [9.17, 15) is 13.6 Å². The number of nitriles is 1. The van der Waals surface area contributed by atoms with Crippen molar-refractivity contribution in [1.29, 1.82) is 5.26 Å². The molecule has 0 aliphatic rings. The smallest absolute Gasteiger partial charge is 0.239 e. The highest BCUT2D eigenvalue weighted by Gasteiger charge is 2.16. The van der Waals surface area contributed by atoms with Gasteiger partial charge in [0.05, 0.1) is 18.2 Å². The zero-order chi connectivity index (χ0) is 13.0. The van der Waals surface area contributed by atoms with E-state index in [1.165, 1.54) is 14.1 Å². The van der Waals surface area contributed by atoms with Crippen molar-refractivity contribution in [3.63, 3.8) is 0 Å². The number of rotatable bonds is 3. The second-order valence-electron chi connectivity index (χ2n) is 3.43. The maximum Gasteiger partial charge on any atom is 0.239 e. The van der Waals surface area contributed by atoms with Crippen LogP contribution < -0.4 is 10.2 Å². The third kappa shape index (κ3) is 2.91. The Bertz CT molecular complexity index is 459. The standard InChI is InChI=1S/C11H11F2N3O/c1-15-10(17)6-16(2)11-8(12)3-7(5-14)4-9(11)13/h3-4H,6H2,1-2H3,(H,15,17). The van der Waals surface area contributed by atoms with Gasteiger partial charge in [0.15, 0.2) is 11.6 Å². The first-order valence-corrected chi connectivity index (χ1v) is 4.80. The van der Waals surface area contributed by atoms with Crippen molar-refractivity contribution in [3.05, 3.63) is 29.3 Å². The molecular weight excluding hydrogens is 228 g/mol. The fourth-order valence-electron chi connectivity index (χ4n) is 1.37. The number of hydrogen-bond donors (Lipinski definition) is 1. The van der Waals surface area contributed by atoms with E-state index < -0.39 is 11.6 Å². The number of benzene rings is 1. The van der Waals surface area contributed by atoms with Crippen LogP contribution in [0.2, 0.25) is 0 Å². The number of carbonyl (C=O) groups is 1. The molecule has 0 fully saturated rings. The molecule has 4 nitrogen and oxygen atoms in total. The fourth-order valence-corrected chi connectivity index (χ4v) is 1.37. The average Bonchev–Trinajstić information content (AvgIpc) is 2.27. The Morgan fingerprint density at radius 1 is 1.47 bits per heavy atom. The summed E-state index contributed by atoms with van der Waals surface area (Å²) in [7, 11) is 2.82. The maximum absolute atomic E-state index is 13.5. The summed E-state index contributed by atoms with van der Waals surface area (Å²) in [4.78, 5) is 12.2. The maximum atomic E-state index is 13.5. The van der Waals surface area contributed by atoms with Gasteiger partial charge >= 0.3 is 0 Å². The molecule has 6 heteroatoms. The Morgan fingerprint density at radius 2 is 2.00 bits per heavy atom. The van der Waals surface area contributed by atoms with Gasteiger partial charge in [-0.15, -0.1) is 0 Å². The topological polar surface area (TPSA) is 56.1 Å². The third-order valence-electron chi connectivity index (χ3n) is 2.19. The molecule has 0 atom stereocenters. The van der Waals surface area contributed by atoms with Crippen molar-refractivity contribution < 1.29 is 13.6 Å². The van der Waals surface area contributed by atoms with E-state index in [0.717, 1.165) is 17.0 Å². The molecule has 0 saturated carbocycles. The molecule has 0 heterocycles. The summed E-state index contributed by atoms with van der Waals surface area (Å²) in [6, 6.07) is 3.51. The van der Waals surface area contributed by atoms with Gasteiger partial charge in [0.1, 0.15) is 5.69 Å². The lowest BCUT2D eigenvalue weighted by Gasteiger charge is -2.19. The number of carbonyl (C=O) groups excluding carboxylic acids is 1. The van der Waals surface area contributed by atoms with Gasteiger partial charge in [-0.3, -0.25) is 4.79 Å². The normalized spacial score (nSPS) is 9.59. The Balaban J connectivity index is 3.06. The van der Waals surface area contributed by atoms with Crippen molar-refractivity contribution in [1.82, 2.24) is 5.32 Å². The molecule has 0 saturated heterocycles. The highest BCUT2D eigenvalue weighted by atomic mass is 19.1. The number of hydrogen-bond acceptors (Lipinski definition) is 3. The fraction of sp³-hybridized carbons (Fsp3) is 0.273. The third-order valence-corrected chi connectivity index (χ3v) is 2.19. The Kier molecular flexibility index (Phi) is 3.99. The van der Waals surface area contributed by atoms with Gasteiger partial charge in [-0.05, 0) is 12.1 Å². The summed E-state index contributed by atoms with van der Waals surface area (Å²) in [6.07, 6.45) is 0. The van der Waals surface area contributed by atoms with Gasteiger partial charge in [0.2, 0.25) is 5.91 Å². The first-order valence-electron chi connectivity index (χ1n) is 4.80. The van der Waals surface area contributed by atoms with Gasteiger partial charge in [0.25, 0.3) is 0 Å². The van der Waals surface area contributed by atoms with Crippen LogP contribution in [-0.4, -0.2) is 26.5 Å². The summed E-state index contributed by atoms with van der Waals surface area (Å²) in [5.41, 5.74) is -0.426. The van der Waals surface area contributed by atoms with Gasteiger partial charge in [-0.1, -0.05) is 0 Å². The number of nitrogens with one attached hydrogen (secondary N) is 1. The molecule has 1 amide bonds. The highest BCUT2D eigenvalue weighted by molar-refractivity contribution is 5.81. The second kappa shape index (κ2) is 5.25. The lowest BCUT2D eigenvalue weighted by molar-refractivity contribution is -0.119. The molecule has 1 aromatic rings. The average molecular weight is 239 g/mol. The molecular formula is C11H11F2N3O. The van der Waals surface area contributed by atoms with Gasteiger partial charge in [-0.2, -0.15) is 5.26 Å². The van der Waals surface area contributed by atoms with Crippen LogP contribution >= 0.6 is 0 Å². The Hall–Kier alpha value is -2.16. The van der Waals surface area contributed by atoms with Gasteiger partial charge < -0.3 is 10.2 Å². The molecule has 0 aromatic heterocycles. The van der Waals surface area contributed by atoms with Gasteiger partial charge in [0, 0.05) is 14.1 Å². The molecule has 90 valence electrons. The van der Waals surface area contributed by atoms with Crippen LogP contribution in [0.4, 0.5) is 14.5 Å². The number of amides is 1. The predicted octanol–water partition coefficient (Wildman–Crippen LogP) is 1.02. The van der Waals surface area contributed by atoms with E-state index in [0.29, 0.717) is 0 Å². The SMILES string of the molecule is CNC(=O)CN(C)c1c(F)cc(C#N)cc1F. The number of likely N-dealkylation sites (N-methyl/N-ethyl adjacent to an activating group) is 2. The van der Waals surface area contributed by atoms with Crippen LogP contribution in [0.25, 0.3) is 0 Å². The Morgan fingerprint density at radius 3 is 2.41 bits per heavy atom. The van der Waals surface area contributed by atoms with E-state index in [1.54, 1.807) is 6.07 Å². The molecule has 0 unspecified atom stereocenters. The quantitative estimate of drug-likeness (QED) is 0.856. The van der Waals surface area contributed by atoms with E-state index in [-0.39, 0.29) is 23.7 Å². The van der Waals surface area contributed by atoms with E-state index in [2.05, 4.69) is 5.32 Å². The monoisotopic (exact) mass is 239 g/mol. The van der Waals surface area contributed by atoms with E-state index >= 15 is 0 Å². The zero-order valence-corrected chi connectivity index (χ0v) is 9.42. The molecule has 0 bridgehead atoms. The Labute approximate surface area is 97.5 Å². The minimum Gasteiger partial charge on any atom is -0.361 e. The lowest BCUT2D eigenvalue weighted by atomic mass is 10.2. The summed E-state index contributed by atoms with van der Waals surface area (Å²) < 4.78 is 27.1. The van der Waals surface area contributed by atoms with Crippen LogP contribution in [0.5, 0.6) is 0 Å². The molecule has 0 aliphatic heterocycles. The minimum atomic E-state index is -0.868. The summed E-state index contributed by atoms with van der Waals surface area (Å²) >= 11 is 0. The van der Waals surface area contributed by atoms with Crippen molar-refractivity contribution in [2.24, 2.45) is 0 Å². The van der Waals surface area contributed by atoms with E-state index in [4.69, 9.17) is 5.26 Å². The van der Waals surface area contributed by atoms with Crippen LogP contribution in [0.1, 0.15) is 5.56 Å². The molecule has 1 rings (SSSR count). The van der Waals surface area contributed by atoms with Crippen LogP contribution in [-0.2, 0) is 4.79 Å². The molecule has 0 spiro atoms. The van der Waals surface area contributed by atoms with Crippen LogP contribution in [0.15, 0.2) is 12.1 Å². The van der Waals surface area contributed by atoms with Crippen molar-refractivity contribution in [2.75, 3.05) is 25.5 Å². The lowest BCUT2D eigenvalue weighted by Crippen LogP contribution is -2.33. The summed E-state index contributed by atoms with van der Waals surface area (Å²) in [5, 5.41) is 10.9. The van der Waals surface area contributed by atoms with E-state index in [1.807, 2.05) is 0 Å². The van der Waals surface area contributed by atoms with Gasteiger partial charge in [-0.25, -0.2) is 8.78 Å². The number of halogens is 2. The first-order chi connectivity index (χ1) is 7.99. The predicted molar refractivity (Wildman–Crippen MR) is 58.4 cm³/mol. The van der Waals surface area contributed by atoms with Crippen LogP contribution in [0.3, 0.4) is 0 Å².